The summed E-state index contributed by atoms with van der Waals surface area (Å²) in [5, 5.41) is 5.19. The number of amides is 2. The Labute approximate surface area is 222 Å². The van der Waals surface area contributed by atoms with Gasteiger partial charge in [-0.3, -0.25) is 14.4 Å². The standard InChI is InChI=1S/C28H34N2O8/c1-4-5-16-36-27(34)20-6-12-23(13-7-20)30-25(32)18-37-26(33)15-14-24(31)29-22-10-8-21(9-11-22)28(35)38-17-19(2)3/h6-13,19H,4-5,14-18H2,1-3H3,(H,29,31)(H,30,32). The van der Waals surface area contributed by atoms with Gasteiger partial charge in [0.25, 0.3) is 5.91 Å². The van der Waals surface area contributed by atoms with Crippen molar-refractivity contribution in [2.45, 2.75) is 46.5 Å². The molecule has 0 aromatic heterocycles. The van der Waals surface area contributed by atoms with Crippen LogP contribution in [-0.2, 0) is 28.6 Å². The van der Waals surface area contributed by atoms with Crippen molar-refractivity contribution in [2.75, 3.05) is 30.5 Å². The summed E-state index contributed by atoms with van der Waals surface area (Å²) in [7, 11) is 0. The monoisotopic (exact) mass is 526 g/mol. The summed E-state index contributed by atoms with van der Waals surface area (Å²) < 4.78 is 15.2. The molecule has 204 valence electrons. The molecule has 0 heterocycles. The summed E-state index contributed by atoms with van der Waals surface area (Å²) in [5.41, 5.74) is 1.62. The highest BCUT2D eigenvalue weighted by Gasteiger charge is 2.13. The van der Waals surface area contributed by atoms with Crippen molar-refractivity contribution in [3.63, 3.8) is 0 Å². The maximum atomic E-state index is 12.1. The maximum absolute atomic E-state index is 12.1. The van der Waals surface area contributed by atoms with E-state index in [1.54, 1.807) is 24.3 Å². The molecule has 10 nitrogen and oxygen atoms in total. The first kappa shape index (κ1) is 30.0. The van der Waals surface area contributed by atoms with Crippen LogP contribution < -0.4 is 10.6 Å². The molecule has 0 bridgehead atoms. The van der Waals surface area contributed by atoms with Crippen LogP contribution >= 0.6 is 0 Å². The van der Waals surface area contributed by atoms with Crippen molar-refractivity contribution in [1.29, 1.82) is 0 Å². The van der Waals surface area contributed by atoms with Crippen LogP contribution in [-0.4, -0.2) is 49.5 Å². The number of hydrogen-bond acceptors (Lipinski definition) is 8. The molecule has 0 aliphatic carbocycles. The second kappa shape index (κ2) is 15.8. The quantitative estimate of drug-likeness (QED) is 0.210. The van der Waals surface area contributed by atoms with E-state index in [9.17, 15) is 24.0 Å². The van der Waals surface area contributed by atoms with Crippen molar-refractivity contribution in [2.24, 2.45) is 5.92 Å². The van der Waals surface area contributed by atoms with Crippen molar-refractivity contribution >= 4 is 41.1 Å². The number of anilines is 2. The molecule has 2 N–H and O–H groups in total. The Morgan fingerprint density at radius 1 is 0.711 bits per heavy atom. The number of esters is 3. The van der Waals surface area contributed by atoms with Gasteiger partial charge < -0.3 is 24.8 Å². The first-order chi connectivity index (χ1) is 18.2. The fraction of sp³-hybridized carbons (Fsp3) is 0.393. The smallest absolute Gasteiger partial charge is 0.338 e. The van der Waals surface area contributed by atoms with Crippen LogP contribution in [0.3, 0.4) is 0 Å². The highest BCUT2D eigenvalue weighted by molar-refractivity contribution is 5.96. The maximum Gasteiger partial charge on any atom is 0.338 e. The third-order valence-electron chi connectivity index (χ3n) is 5.01. The van der Waals surface area contributed by atoms with Crippen LogP contribution in [0.4, 0.5) is 11.4 Å². The Hall–Kier alpha value is -4.21. The molecule has 0 fully saturated rings. The average molecular weight is 527 g/mol. The molecule has 0 aliphatic heterocycles. The molecule has 0 unspecified atom stereocenters. The molecule has 0 spiro atoms. The van der Waals surface area contributed by atoms with Crippen LogP contribution in [0.1, 0.15) is 67.2 Å². The Balaban J connectivity index is 1.68. The zero-order valence-electron chi connectivity index (χ0n) is 21.9. The van der Waals surface area contributed by atoms with E-state index < -0.39 is 36.3 Å². The Kier molecular flexibility index (Phi) is 12.5. The number of ether oxygens (including phenoxy) is 3. The highest BCUT2D eigenvalue weighted by atomic mass is 16.5. The number of carbonyl (C=O) groups is 5. The lowest BCUT2D eigenvalue weighted by Gasteiger charge is -2.09. The minimum atomic E-state index is -0.705. The molecule has 38 heavy (non-hydrogen) atoms. The van der Waals surface area contributed by atoms with Gasteiger partial charge in [-0.25, -0.2) is 9.59 Å². The lowest BCUT2D eigenvalue weighted by atomic mass is 10.2. The van der Waals surface area contributed by atoms with Gasteiger partial charge >= 0.3 is 17.9 Å². The van der Waals surface area contributed by atoms with E-state index in [2.05, 4.69) is 10.6 Å². The number of unbranched alkanes of at least 4 members (excludes halogenated alkanes) is 1. The minimum absolute atomic E-state index is 0.144. The Morgan fingerprint density at radius 2 is 1.24 bits per heavy atom. The summed E-state index contributed by atoms with van der Waals surface area (Å²) in [6.07, 6.45) is 1.35. The molecule has 10 heteroatoms. The lowest BCUT2D eigenvalue weighted by Crippen LogP contribution is -2.21. The number of hydrogen-bond donors (Lipinski definition) is 2. The van der Waals surface area contributed by atoms with Crippen molar-refractivity contribution in [3.05, 3.63) is 59.7 Å². The van der Waals surface area contributed by atoms with E-state index in [-0.39, 0.29) is 18.8 Å². The molecule has 0 saturated carbocycles. The number of carbonyl (C=O) groups excluding carboxylic acids is 5. The van der Waals surface area contributed by atoms with Crippen LogP contribution in [0.15, 0.2) is 48.5 Å². The first-order valence-electron chi connectivity index (χ1n) is 12.5. The Bertz CT molecular complexity index is 1090. The SMILES string of the molecule is CCCCOC(=O)c1ccc(NC(=O)COC(=O)CCC(=O)Nc2ccc(C(=O)OCC(C)C)cc2)cc1. The zero-order chi connectivity index (χ0) is 27.9. The van der Waals surface area contributed by atoms with E-state index in [1.807, 2.05) is 20.8 Å². The molecule has 2 aromatic carbocycles. The summed E-state index contributed by atoms with van der Waals surface area (Å²) in [6, 6.07) is 12.4. The topological polar surface area (TPSA) is 137 Å². The summed E-state index contributed by atoms with van der Waals surface area (Å²) in [6.45, 7) is 6.03. The van der Waals surface area contributed by atoms with Gasteiger partial charge in [0.15, 0.2) is 6.61 Å². The molecule has 2 rings (SSSR count). The summed E-state index contributed by atoms with van der Waals surface area (Å²) in [4.78, 5) is 59.9. The molecule has 0 saturated heterocycles. The van der Waals surface area contributed by atoms with Gasteiger partial charge in [-0.1, -0.05) is 27.2 Å². The summed E-state index contributed by atoms with van der Waals surface area (Å²) in [5.74, 6) is -2.34. The predicted octanol–water partition coefficient (Wildman–Crippen LogP) is 4.36. The lowest BCUT2D eigenvalue weighted by molar-refractivity contribution is -0.147. The highest BCUT2D eigenvalue weighted by Crippen LogP contribution is 2.13. The van der Waals surface area contributed by atoms with E-state index in [4.69, 9.17) is 14.2 Å². The van der Waals surface area contributed by atoms with Gasteiger partial charge in [-0.05, 0) is 60.9 Å². The fourth-order valence-corrected chi connectivity index (χ4v) is 2.95. The minimum Gasteiger partial charge on any atom is -0.462 e. The van der Waals surface area contributed by atoms with Gasteiger partial charge in [0.2, 0.25) is 5.91 Å². The zero-order valence-corrected chi connectivity index (χ0v) is 21.9. The largest absolute Gasteiger partial charge is 0.462 e. The molecular weight excluding hydrogens is 492 g/mol. The van der Waals surface area contributed by atoms with E-state index in [1.165, 1.54) is 24.3 Å². The Morgan fingerprint density at radius 3 is 1.76 bits per heavy atom. The third-order valence-corrected chi connectivity index (χ3v) is 5.01. The second-order valence-corrected chi connectivity index (χ2v) is 8.89. The van der Waals surface area contributed by atoms with Gasteiger partial charge in [-0.2, -0.15) is 0 Å². The van der Waals surface area contributed by atoms with E-state index in [0.717, 1.165) is 12.8 Å². The fourth-order valence-electron chi connectivity index (χ4n) is 2.95. The molecule has 0 aliphatic rings. The second-order valence-electron chi connectivity index (χ2n) is 8.89. The van der Waals surface area contributed by atoms with Crippen LogP contribution in [0.5, 0.6) is 0 Å². The predicted molar refractivity (Wildman–Crippen MR) is 141 cm³/mol. The van der Waals surface area contributed by atoms with Crippen LogP contribution in [0.25, 0.3) is 0 Å². The number of rotatable bonds is 14. The third kappa shape index (κ3) is 11.2. The molecule has 2 aromatic rings. The molecule has 0 atom stereocenters. The van der Waals surface area contributed by atoms with E-state index >= 15 is 0 Å². The van der Waals surface area contributed by atoms with Gasteiger partial charge in [0, 0.05) is 17.8 Å². The van der Waals surface area contributed by atoms with Crippen molar-refractivity contribution < 1.29 is 38.2 Å². The van der Waals surface area contributed by atoms with Gasteiger partial charge in [-0.15, -0.1) is 0 Å². The number of benzene rings is 2. The first-order valence-corrected chi connectivity index (χ1v) is 12.5. The van der Waals surface area contributed by atoms with E-state index in [0.29, 0.717) is 35.7 Å². The van der Waals surface area contributed by atoms with Gasteiger partial charge in [0.1, 0.15) is 0 Å². The number of nitrogens with one attached hydrogen (secondary N) is 2. The van der Waals surface area contributed by atoms with Crippen LogP contribution in [0, 0.1) is 5.92 Å². The van der Waals surface area contributed by atoms with Gasteiger partial charge in [0.05, 0.1) is 30.8 Å². The normalized spacial score (nSPS) is 10.4. The average Bonchev–Trinajstić information content (AvgIpc) is 2.90. The van der Waals surface area contributed by atoms with Crippen LogP contribution in [0.2, 0.25) is 0 Å². The molecule has 2 amide bonds. The van der Waals surface area contributed by atoms with Crippen molar-refractivity contribution in [1.82, 2.24) is 0 Å². The summed E-state index contributed by atoms with van der Waals surface area (Å²) >= 11 is 0. The van der Waals surface area contributed by atoms with Crippen molar-refractivity contribution in [3.8, 4) is 0 Å². The molecule has 0 radical (unpaired) electrons. The molecular formula is C28H34N2O8.